The third-order valence-corrected chi connectivity index (χ3v) is 6.01. The molecule has 2 aromatic rings. The largest absolute Gasteiger partial charge is 0.510 e. The molecule has 1 unspecified atom stereocenters. The summed E-state index contributed by atoms with van der Waals surface area (Å²) in [7, 11) is 3.27. The highest BCUT2D eigenvalue weighted by molar-refractivity contribution is 5.76. The zero-order valence-corrected chi connectivity index (χ0v) is 17.5. The lowest BCUT2D eigenvalue weighted by molar-refractivity contribution is -0.132. The van der Waals surface area contributed by atoms with Gasteiger partial charge >= 0.3 is 0 Å². The topological polar surface area (TPSA) is 59.0 Å². The van der Waals surface area contributed by atoms with Gasteiger partial charge in [-0.15, -0.1) is 0 Å². The highest BCUT2D eigenvalue weighted by Crippen LogP contribution is 2.48. The van der Waals surface area contributed by atoms with Crippen molar-refractivity contribution in [3.8, 4) is 11.5 Å². The molecule has 30 heavy (non-hydrogen) atoms. The number of rotatable bonds is 6. The number of carbonyl (C=O) groups is 1. The van der Waals surface area contributed by atoms with Crippen molar-refractivity contribution in [3.05, 3.63) is 83.6 Å². The molecule has 156 valence electrons. The number of aliphatic hydroxyl groups excluding tert-OH is 1. The Bertz CT molecular complexity index is 958. The first kappa shape index (κ1) is 20.1. The van der Waals surface area contributed by atoms with Crippen LogP contribution in [0.2, 0.25) is 0 Å². The number of aliphatic hydroxyl groups is 1. The van der Waals surface area contributed by atoms with E-state index in [4.69, 9.17) is 9.47 Å². The number of methoxy groups -OCH3 is 2. The van der Waals surface area contributed by atoms with Gasteiger partial charge in [0.1, 0.15) is 23.3 Å². The molecule has 0 aromatic heterocycles. The minimum atomic E-state index is -0.795. The van der Waals surface area contributed by atoms with Gasteiger partial charge in [0.2, 0.25) is 5.91 Å². The van der Waals surface area contributed by atoms with E-state index in [0.717, 1.165) is 35.5 Å². The average Bonchev–Trinajstić information content (AvgIpc) is 3.60. The number of benzene rings is 2. The van der Waals surface area contributed by atoms with Crippen molar-refractivity contribution in [2.24, 2.45) is 0 Å². The normalized spacial score (nSPS) is 19.7. The summed E-state index contributed by atoms with van der Waals surface area (Å²) in [6.45, 7) is 1.58. The van der Waals surface area contributed by atoms with Crippen LogP contribution in [0.5, 0.6) is 11.5 Å². The van der Waals surface area contributed by atoms with E-state index in [2.05, 4.69) is 6.08 Å². The molecule has 2 aromatic carbocycles. The summed E-state index contributed by atoms with van der Waals surface area (Å²) in [5.41, 5.74) is 1.07. The lowest BCUT2D eigenvalue weighted by atomic mass is 9.66. The van der Waals surface area contributed by atoms with Gasteiger partial charge in [0.25, 0.3) is 0 Å². The van der Waals surface area contributed by atoms with Gasteiger partial charge in [0, 0.05) is 13.0 Å². The van der Waals surface area contributed by atoms with Gasteiger partial charge in [-0.3, -0.25) is 4.79 Å². The summed E-state index contributed by atoms with van der Waals surface area (Å²) in [5, 5.41) is 11.1. The molecule has 5 heteroatoms. The molecular formula is C25H27NO4. The number of carbonyl (C=O) groups excluding carboxylic acids is 1. The first-order chi connectivity index (χ1) is 14.5. The number of hydrogen-bond acceptors (Lipinski definition) is 4. The molecule has 1 N–H and O–H groups in total. The highest BCUT2D eigenvalue weighted by atomic mass is 16.5. The predicted octanol–water partition coefficient (Wildman–Crippen LogP) is 4.38. The second-order valence-electron chi connectivity index (χ2n) is 7.84. The summed E-state index contributed by atoms with van der Waals surface area (Å²) in [6.07, 6.45) is 7.50. The summed E-state index contributed by atoms with van der Waals surface area (Å²) < 4.78 is 11.0. The van der Waals surface area contributed by atoms with Crippen LogP contribution in [-0.2, 0) is 10.2 Å². The second-order valence-corrected chi connectivity index (χ2v) is 7.84. The summed E-state index contributed by atoms with van der Waals surface area (Å²) in [4.78, 5) is 14.6. The van der Waals surface area contributed by atoms with Crippen molar-refractivity contribution in [2.45, 2.75) is 37.3 Å². The van der Waals surface area contributed by atoms with Gasteiger partial charge in [-0.1, -0.05) is 36.4 Å². The third kappa shape index (κ3) is 3.34. The zero-order valence-electron chi connectivity index (χ0n) is 17.5. The van der Waals surface area contributed by atoms with Gasteiger partial charge in [-0.05, 0) is 54.3 Å². The Labute approximate surface area is 177 Å². The molecule has 2 aliphatic carbocycles. The Morgan fingerprint density at radius 3 is 2.07 bits per heavy atom. The van der Waals surface area contributed by atoms with Crippen LogP contribution in [0.3, 0.4) is 0 Å². The first-order valence-electron chi connectivity index (χ1n) is 10.2. The average molecular weight is 405 g/mol. The van der Waals surface area contributed by atoms with Crippen LogP contribution in [0, 0.1) is 0 Å². The van der Waals surface area contributed by atoms with Gasteiger partial charge in [-0.2, -0.15) is 0 Å². The standard InChI is InChI=1S/C25H27NO4/c1-17(27)26(20-12-13-20)24-23(28)11-6-14-25(24,18-7-4-9-21(15-18)29-2)19-8-5-10-22(16-19)30-3/h4-11,14-16,20,24,28H,12-13H2,1-3H3. The number of nitrogens with zero attached hydrogens (tertiary/aromatic N) is 1. The molecular weight excluding hydrogens is 378 g/mol. The number of amides is 1. The SMILES string of the molecule is COc1cccc(C2(c3cccc(OC)c3)C=CC=C(O)C2N(C(C)=O)C2CC2)c1. The third-order valence-electron chi connectivity index (χ3n) is 6.01. The van der Waals surface area contributed by atoms with E-state index in [1.54, 1.807) is 27.2 Å². The zero-order chi connectivity index (χ0) is 21.3. The van der Waals surface area contributed by atoms with E-state index in [1.165, 1.54) is 0 Å². The molecule has 1 amide bonds. The van der Waals surface area contributed by atoms with Gasteiger partial charge in [0.15, 0.2) is 0 Å². The van der Waals surface area contributed by atoms with E-state index < -0.39 is 11.5 Å². The van der Waals surface area contributed by atoms with Crippen LogP contribution in [0.15, 0.2) is 72.5 Å². The lowest BCUT2D eigenvalue weighted by Gasteiger charge is -2.46. The Hall–Kier alpha value is -3.21. The summed E-state index contributed by atoms with van der Waals surface area (Å²) >= 11 is 0. The molecule has 0 bridgehead atoms. The lowest BCUT2D eigenvalue weighted by Crippen LogP contribution is -2.55. The minimum absolute atomic E-state index is 0.0482. The van der Waals surface area contributed by atoms with Crippen molar-refractivity contribution < 1.29 is 19.4 Å². The summed E-state index contributed by atoms with van der Waals surface area (Å²) in [6, 6.07) is 15.2. The Morgan fingerprint density at radius 2 is 1.60 bits per heavy atom. The van der Waals surface area contributed by atoms with Crippen LogP contribution in [0.4, 0.5) is 0 Å². The molecule has 1 saturated carbocycles. The minimum Gasteiger partial charge on any atom is -0.510 e. The molecule has 0 radical (unpaired) electrons. The maximum Gasteiger partial charge on any atom is 0.220 e. The van der Waals surface area contributed by atoms with E-state index in [0.29, 0.717) is 0 Å². The van der Waals surface area contributed by atoms with Crippen molar-refractivity contribution >= 4 is 5.91 Å². The molecule has 5 nitrogen and oxygen atoms in total. The van der Waals surface area contributed by atoms with E-state index in [-0.39, 0.29) is 17.7 Å². The van der Waals surface area contributed by atoms with E-state index >= 15 is 0 Å². The molecule has 0 heterocycles. The van der Waals surface area contributed by atoms with E-state index in [9.17, 15) is 9.90 Å². The predicted molar refractivity (Wildman–Crippen MR) is 116 cm³/mol. The summed E-state index contributed by atoms with van der Waals surface area (Å²) in [5.74, 6) is 1.56. The first-order valence-corrected chi connectivity index (χ1v) is 10.2. The van der Waals surface area contributed by atoms with Crippen LogP contribution in [-0.4, -0.2) is 42.2 Å². The van der Waals surface area contributed by atoms with Gasteiger partial charge in [0.05, 0.1) is 19.6 Å². The number of hydrogen-bond donors (Lipinski definition) is 1. The molecule has 0 aliphatic heterocycles. The van der Waals surface area contributed by atoms with Gasteiger partial charge < -0.3 is 19.5 Å². The molecule has 0 spiro atoms. The molecule has 1 atom stereocenters. The molecule has 2 aliphatic rings. The number of allylic oxidation sites excluding steroid dienone is 2. The highest BCUT2D eigenvalue weighted by Gasteiger charge is 2.51. The van der Waals surface area contributed by atoms with Gasteiger partial charge in [-0.25, -0.2) is 0 Å². The van der Waals surface area contributed by atoms with E-state index in [1.807, 2.05) is 59.5 Å². The fourth-order valence-corrected chi connectivity index (χ4v) is 4.51. The maximum absolute atomic E-state index is 12.8. The molecule has 4 rings (SSSR count). The smallest absolute Gasteiger partial charge is 0.220 e. The maximum atomic E-state index is 12.8. The van der Waals surface area contributed by atoms with Crippen molar-refractivity contribution in [3.63, 3.8) is 0 Å². The van der Waals surface area contributed by atoms with Crippen LogP contribution < -0.4 is 9.47 Å². The van der Waals surface area contributed by atoms with Crippen LogP contribution in [0.1, 0.15) is 30.9 Å². The second kappa shape index (κ2) is 7.90. The quantitative estimate of drug-likeness (QED) is 0.775. The Kier molecular flexibility index (Phi) is 5.29. The fraction of sp³-hybridized carbons (Fsp3) is 0.320. The Morgan fingerprint density at radius 1 is 1.03 bits per heavy atom. The number of ether oxygens (including phenoxy) is 2. The van der Waals surface area contributed by atoms with Crippen molar-refractivity contribution in [2.75, 3.05) is 14.2 Å². The van der Waals surface area contributed by atoms with Crippen molar-refractivity contribution in [1.29, 1.82) is 0 Å². The monoisotopic (exact) mass is 405 g/mol. The van der Waals surface area contributed by atoms with Crippen molar-refractivity contribution in [1.82, 2.24) is 4.90 Å². The van der Waals surface area contributed by atoms with Crippen LogP contribution >= 0.6 is 0 Å². The van der Waals surface area contributed by atoms with Crippen LogP contribution in [0.25, 0.3) is 0 Å². The molecule has 0 saturated heterocycles. The Balaban J connectivity index is 2.00. The molecule has 1 fully saturated rings. The fourth-order valence-electron chi connectivity index (χ4n) is 4.51.